The van der Waals surface area contributed by atoms with Crippen molar-refractivity contribution in [1.29, 1.82) is 0 Å². The minimum atomic E-state index is -0.339. The van der Waals surface area contributed by atoms with Crippen LogP contribution in [0.5, 0.6) is 0 Å². The lowest BCUT2D eigenvalue weighted by atomic mass is 10.1. The molecule has 0 saturated carbocycles. The number of hydrogen-bond acceptors (Lipinski definition) is 2. The Hall–Kier alpha value is -2.56. The van der Waals surface area contributed by atoms with Crippen molar-refractivity contribution < 1.29 is 13.6 Å². The second kappa shape index (κ2) is 6.05. The molecule has 0 radical (unpaired) electrons. The number of nitrogens with zero attached hydrogens (tertiary/aromatic N) is 2. The van der Waals surface area contributed by atoms with Crippen molar-refractivity contribution in [3.8, 4) is 0 Å². The van der Waals surface area contributed by atoms with Gasteiger partial charge in [-0.15, -0.1) is 0 Å². The van der Waals surface area contributed by atoms with E-state index in [2.05, 4.69) is 5.10 Å². The number of carbonyl (C=O) groups is 1. The van der Waals surface area contributed by atoms with Crippen molar-refractivity contribution in [3.05, 3.63) is 71.3 Å². The predicted molar refractivity (Wildman–Crippen MR) is 79.4 cm³/mol. The Balaban J connectivity index is 1.72. The first-order chi connectivity index (χ1) is 10.6. The zero-order valence-electron chi connectivity index (χ0n) is 11.8. The Kier molecular flexibility index (Phi) is 3.96. The fraction of sp³-hybridized carbons (Fsp3) is 0.176. The maximum absolute atomic E-state index is 13.7. The zero-order valence-corrected chi connectivity index (χ0v) is 11.8. The minimum absolute atomic E-state index is 0.147. The third kappa shape index (κ3) is 3.03. The van der Waals surface area contributed by atoms with E-state index in [1.54, 1.807) is 30.3 Å². The van der Waals surface area contributed by atoms with Crippen LogP contribution in [0.3, 0.4) is 0 Å². The molecule has 1 amide bonds. The fourth-order valence-corrected chi connectivity index (χ4v) is 2.39. The molecule has 1 aliphatic heterocycles. The van der Waals surface area contributed by atoms with Gasteiger partial charge >= 0.3 is 0 Å². The molecule has 3 rings (SSSR count). The molecule has 0 unspecified atom stereocenters. The van der Waals surface area contributed by atoms with E-state index in [4.69, 9.17) is 0 Å². The number of hydrogen-bond donors (Lipinski definition) is 0. The quantitative estimate of drug-likeness (QED) is 0.857. The van der Waals surface area contributed by atoms with Crippen LogP contribution in [0.1, 0.15) is 17.5 Å². The fourth-order valence-electron chi connectivity index (χ4n) is 2.39. The average molecular weight is 300 g/mol. The van der Waals surface area contributed by atoms with Crippen LogP contribution < -0.4 is 0 Å². The highest BCUT2D eigenvalue weighted by Gasteiger charge is 2.23. The molecule has 0 bridgehead atoms. The van der Waals surface area contributed by atoms with Gasteiger partial charge in [-0.25, -0.2) is 13.8 Å². The maximum Gasteiger partial charge on any atom is 0.247 e. The Morgan fingerprint density at radius 2 is 1.82 bits per heavy atom. The smallest absolute Gasteiger partial charge is 0.247 e. The Morgan fingerprint density at radius 3 is 2.55 bits per heavy atom. The van der Waals surface area contributed by atoms with Crippen LogP contribution in [-0.2, 0) is 11.2 Å². The number of amides is 1. The highest BCUT2D eigenvalue weighted by atomic mass is 19.1. The van der Waals surface area contributed by atoms with E-state index < -0.39 is 0 Å². The largest absolute Gasteiger partial charge is 0.273 e. The molecule has 0 fully saturated rings. The van der Waals surface area contributed by atoms with Crippen LogP contribution in [0.2, 0.25) is 0 Å². The average Bonchev–Trinajstić information content (AvgIpc) is 3.00. The van der Waals surface area contributed by atoms with Crippen molar-refractivity contribution in [2.75, 3.05) is 6.54 Å². The second-order valence-corrected chi connectivity index (χ2v) is 5.10. The lowest BCUT2D eigenvalue weighted by Gasteiger charge is -2.11. The van der Waals surface area contributed by atoms with Gasteiger partial charge in [0.25, 0.3) is 0 Å². The molecule has 2 aromatic carbocycles. The molecule has 1 aliphatic rings. The van der Waals surface area contributed by atoms with Crippen molar-refractivity contribution in [1.82, 2.24) is 5.01 Å². The first-order valence-electron chi connectivity index (χ1n) is 7.00. The van der Waals surface area contributed by atoms with Gasteiger partial charge in [0.05, 0.1) is 18.7 Å². The standard InChI is InChI=1S/C17H14F2N2O/c18-13-7-5-12(6-8-13)11-17(22)21-10-9-16(20-21)14-3-1-2-4-15(14)19/h1-8H,9-11H2. The molecule has 0 atom stereocenters. The molecular formula is C17H14F2N2O. The molecule has 2 aromatic rings. The molecular weight excluding hydrogens is 286 g/mol. The molecule has 0 N–H and O–H groups in total. The number of hydrazone groups is 1. The van der Waals surface area contributed by atoms with Gasteiger partial charge in [-0.2, -0.15) is 5.10 Å². The van der Waals surface area contributed by atoms with E-state index in [0.717, 1.165) is 5.56 Å². The Morgan fingerprint density at radius 1 is 1.09 bits per heavy atom. The summed E-state index contributed by atoms with van der Waals surface area (Å²) < 4.78 is 26.6. The van der Waals surface area contributed by atoms with Crippen LogP contribution >= 0.6 is 0 Å². The van der Waals surface area contributed by atoms with Crippen LogP contribution in [0.4, 0.5) is 8.78 Å². The van der Waals surface area contributed by atoms with Crippen molar-refractivity contribution >= 4 is 11.6 Å². The predicted octanol–water partition coefficient (Wildman–Crippen LogP) is 3.14. The first-order valence-corrected chi connectivity index (χ1v) is 7.00. The van der Waals surface area contributed by atoms with Gasteiger partial charge in [0.2, 0.25) is 5.91 Å². The van der Waals surface area contributed by atoms with Gasteiger partial charge < -0.3 is 0 Å². The summed E-state index contributed by atoms with van der Waals surface area (Å²) in [6.45, 7) is 0.434. The summed E-state index contributed by atoms with van der Waals surface area (Å²) in [4.78, 5) is 12.2. The van der Waals surface area contributed by atoms with Crippen LogP contribution in [0.15, 0.2) is 53.6 Å². The molecule has 0 aromatic heterocycles. The Bertz CT molecular complexity index is 726. The molecule has 0 spiro atoms. The van der Waals surface area contributed by atoms with Gasteiger partial charge in [0, 0.05) is 12.0 Å². The summed E-state index contributed by atoms with van der Waals surface area (Å²) in [6, 6.07) is 12.2. The van der Waals surface area contributed by atoms with E-state index in [0.29, 0.717) is 24.2 Å². The highest BCUT2D eigenvalue weighted by Crippen LogP contribution is 2.17. The maximum atomic E-state index is 13.7. The summed E-state index contributed by atoms with van der Waals surface area (Å²) in [5, 5.41) is 5.57. The summed E-state index contributed by atoms with van der Waals surface area (Å²) >= 11 is 0. The molecule has 0 saturated heterocycles. The minimum Gasteiger partial charge on any atom is -0.273 e. The van der Waals surface area contributed by atoms with Crippen LogP contribution in [-0.4, -0.2) is 23.2 Å². The third-order valence-electron chi connectivity index (χ3n) is 3.54. The summed E-state index contributed by atoms with van der Waals surface area (Å²) in [5.74, 6) is -0.857. The van der Waals surface area contributed by atoms with E-state index in [1.807, 2.05) is 0 Å². The molecule has 1 heterocycles. The monoisotopic (exact) mass is 300 g/mol. The van der Waals surface area contributed by atoms with E-state index >= 15 is 0 Å². The summed E-state index contributed by atoms with van der Waals surface area (Å²) in [5.41, 5.74) is 1.73. The first kappa shape index (κ1) is 14.4. The van der Waals surface area contributed by atoms with Crippen molar-refractivity contribution in [2.45, 2.75) is 12.8 Å². The highest BCUT2D eigenvalue weighted by molar-refractivity contribution is 6.02. The summed E-state index contributed by atoms with van der Waals surface area (Å²) in [6.07, 6.45) is 0.671. The number of carbonyl (C=O) groups excluding carboxylic acids is 1. The molecule has 5 heteroatoms. The Labute approximate surface area is 126 Å². The van der Waals surface area contributed by atoms with Crippen molar-refractivity contribution in [2.24, 2.45) is 5.10 Å². The van der Waals surface area contributed by atoms with Gasteiger partial charge in [-0.3, -0.25) is 4.79 Å². The number of benzene rings is 2. The van der Waals surface area contributed by atoms with E-state index in [9.17, 15) is 13.6 Å². The van der Waals surface area contributed by atoms with Crippen molar-refractivity contribution in [3.63, 3.8) is 0 Å². The SMILES string of the molecule is O=C(Cc1ccc(F)cc1)N1CCC(c2ccccc2F)=N1. The molecule has 3 nitrogen and oxygen atoms in total. The van der Waals surface area contributed by atoms with Crippen LogP contribution in [0, 0.1) is 11.6 Å². The number of rotatable bonds is 3. The summed E-state index contributed by atoms with van der Waals surface area (Å²) in [7, 11) is 0. The topological polar surface area (TPSA) is 32.7 Å². The lowest BCUT2D eigenvalue weighted by molar-refractivity contribution is -0.130. The van der Waals surface area contributed by atoms with Gasteiger partial charge in [0.1, 0.15) is 11.6 Å². The number of halogens is 2. The van der Waals surface area contributed by atoms with E-state index in [1.165, 1.54) is 23.2 Å². The normalized spacial score (nSPS) is 14.1. The lowest BCUT2D eigenvalue weighted by Crippen LogP contribution is -2.25. The van der Waals surface area contributed by atoms with Gasteiger partial charge in [-0.1, -0.05) is 30.3 Å². The van der Waals surface area contributed by atoms with E-state index in [-0.39, 0.29) is 24.0 Å². The molecule has 22 heavy (non-hydrogen) atoms. The second-order valence-electron chi connectivity index (χ2n) is 5.10. The van der Waals surface area contributed by atoms with Gasteiger partial charge in [0.15, 0.2) is 0 Å². The van der Waals surface area contributed by atoms with Crippen LogP contribution in [0.25, 0.3) is 0 Å². The van der Waals surface area contributed by atoms with Gasteiger partial charge in [-0.05, 0) is 23.8 Å². The third-order valence-corrected chi connectivity index (χ3v) is 3.54. The molecule has 0 aliphatic carbocycles. The molecule has 112 valence electrons. The zero-order chi connectivity index (χ0) is 15.5.